The quantitative estimate of drug-likeness (QED) is 0.208. The Labute approximate surface area is 256 Å². The van der Waals surface area contributed by atoms with Crippen molar-refractivity contribution in [1.29, 1.82) is 0 Å². The molecular formula is C38H23N5S. The summed E-state index contributed by atoms with van der Waals surface area (Å²) in [5, 5.41) is 5.09. The van der Waals surface area contributed by atoms with Crippen molar-refractivity contribution in [3.05, 3.63) is 140 Å². The zero-order valence-electron chi connectivity index (χ0n) is 23.4. The van der Waals surface area contributed by atoms with Crippen LogP contribution < -0.4 is 0 Å². The van der Waals surface area contributed by atoms with Crippen LogP contribution in [0.1, 0.15) is 0 Å². The number of rotatable bonds is 4. The lowest BCUT2D eigenvalue weighted by molar-refractivity contribution is 1.05. The number of benzene rings is 5. The summed E-state index contributed by atoms with van der Waals surface area (Å²) >= 11 is 1.86. The number of aromatic nitrogens is 5. The molecule has 0 atom stereocenters. The van der Waals surface area contributed by atoms with Crippen LogP contribution in [0.15, 0.2) is 140 Å². The molecule has 0 aliphatic carbocycles. The molecule has 0 N–H and O–H groups in total. The van der Waals surface area contributed by atoms with Gasteiger partial charge in [0, 0.05) is 53.8 Å². The van der Waals surface area contributed by atoms with Crippen molar-refractivity contribution in [2.24, 2.45) is 0 Å². The van der Waals surface area contributed by atoms with Crippen LogP contribution in [0.2, 0.25) is 0 Å². The highest BCUT2D eigenvalue weighted by molar-refractivity contribution is 7.26. The van der Waals surface area contributed by atoms with Crippen LogP contribution in [0.4, 0.5) is 0 Å². The van der Waals surface area contributed by atoms with Crippen molar-refractivity contribution in [2.45, 2.75) is 0 Å². The Kier molecular flexibility index (Phi) is 5.61. The third kappa shape index (κ3) is 3.92. The molecule has 4 aromatic heterocycles. The van der Waals surface area contributed by atoms with Crippen molar-refractivity contribution in [2.75, 3.05) is 0 Å². The number of nitrogens with zero attached hydrogens (tertiary/aromatic N) is 5. The SMILES string of the molecule is c1ccc(-c2nc(-c3ccccc3)nc(-c3ccc(-n4c5ccccc5c5c6sc7ccccc7c6ccc54)nc3)n2)cc1. The Bertz CT molecular complexity index is 2420. The van der Waals surface area contributed by atoms with E-state index in [0.717, 1.165) is 33.5 Å². The number of para-hydroxylation sites is 1. The molecule has 9 rings (SSSR count). The molecular weight excluding hydrogens is 559 g/mol. The molecule has 0 aliphatic rings. The Hall–Kier alpha value is -5.72. The normalized spacial score (nSPS) is 11.6. The molecule has 9 aromatic rings. The summed E-state index contributed by atoms with van der Waals surface area (Å²) in [6, 6.07) is 45.9. The zero-order valence-corrected chi connectivity index (χ0v) is 24.2. The first kappa shape index (κ1) is 24.8. The van der Waals surface area contributed by atoms with E-state index in [1.54, 1.807) is 0 Å². The molecule has 0 unspecified atom stereocenters. The second kappa shape index (κ2) is 9.93. The lowest BCUT2D eigenvalue weighted by atomic mass is 10.1. The first-order valence-electron chi connectivity index (χ1n) is 14.5. The van der Waals surface area contributed by atoms with E-state index in [9.17, 15) is 0 Å². The van der Waals surface area contributed by atoms with Gasteiger partial charge >= 0.3 is 0 Å². The van der Waals surface area contributed by atoms with Gasteiger partial charge in [0.05, 0.1) is 11.0 Å². The third-order valence-corrected chi connectivity index (χ3v) is 9.32. The zero-order chi connectivity index (χ0) is 29.0. The van der Waals surface area contributed by atoms with Crippen LogP contribution >= 0.6 is 11.3 Å². The summed E-state index contributed by atoms with van der Waals surface area (Å²) < 4.78 is 4.87. The maximum atomic E-state index is 4.99. The van der Waals surface area contributed by atoms with Crippen molar-refractivity contribution in [1.82, 2.24) is 24.5 Å². The topological polar surface area (TPSA) is 56.5 Å². The Morgan fingerprint density at radius 3 is 1.75 bits per heavy atom. The maximum absolute atomic E-state index is 4.99. The molecule has 4 heterocycles. The molecule has 0 bridgehead atoms. The highest BCUT2D eigenvalue weighted by atomic mass is 32.1. The van der Waals surface area contributed by atoms with E-state index in [1.807, 2.05) is 78.2 Å². The van der Waals surface area contributed by atoms with Gasteiger partial charge in [-0.2, -0.15) is 0 Å². The van der Waals surface area contributed by atoms with Crippen LogP contribution in [0.5, 0.6) is 0 Å². The van der Waals surface area contributed by atoms with Crippen LogP contribution in [0.3, 0.4) is 0 Å². The van der Waals surface area contributed by atoms with E-state index in [0.29, 0.717) is 17.5 Å². The molecule has 0 aliphatic heterocycles. The number of thiophene rings is 1. The van der Waals surface area contributed by atoms with Crippen molar-refractivity contribution in [3.63, 3.8) is 0 Å². The summed E-state index contributed by atoms with van der Waals surface area (Å²) in [4.78, 5) is 19.6. The van der Waals surface area contributed by atoms with Gasteiger partial charge in [0.25, 0.3) is 0 Å². The summed E-state index contributed by atoms with van der Waals surface area (Å²) in [7, 11) is 0. The Balaban J connectivity index is 1.21. The fraction of sp³-hybridized carbons (Fsp3) is 0. The summed E-state index contributed by atoms with van der Waals surface area (Å²) in [5.74, 6) is 2.70. The van der Waals surface area contributed by atoms with Crippen LogP contribution in [0, 0.1) is 0 Å². The molecule has 44 heavy (non-hydrogen) atoms. The smallest absolute Gasteiger partial charge is 0.165 e. The monoisotopic (exact) mass is 581 g/mol. The standard InChI is InChI=1S/C38H23N5S/c1-3-11-24(12-4-1)36-40-37(25-13-5-2-6-14-25)42-38(41-36)26-19-22-33(39-23-26)43-30-17-9-7-16-29(30)34-31(43)21-20-28-27-15-8-10-18-32(27)44-35(28)34/h1-23H. The predicted octanol–water partition coefficient (Wildman–Crippen LogP) is 9.73. The van der Waals surface area contributed by atoms with E-state index in [1.165, 1.54) is 30.9 Å². The minimum Gasteiger partial charge on any atom is -0.294 e. The van der Waals surface area contributed by atoms with Gasteiger partial charge in [-0.05, 0) is 30.3 Å². The number of pyridine rings is 1. The fourth-order valence-corrected chi connectivity index (χ4v) is 7.33. The van der Waals surface area contributed by atoms with Crippen LogP contribution in [-0.4, -0.2) is 24.5 Å². The first-order valence-corrected chi connectivity index (χ1v) is 15.3. The molecule has 206 valence electrons. The minimum atomic E-state index is 0.589. The average molecular weight is 582 g/mol. The lowest BCUT2D eigenvalue weighted by Crippen LogP contribution is -2.01. The summed E-state index contributed by atoms with van der Waals surface area (Å²) in [6.07, 6.45) is 1.87. The first-order chi connectivity index (χ1) is 21.8. The summed E-state index contributed by atoms with van der Waals surface area (Å²) in [5.41, 5.74) is 4.98. The van der Waals surface area contributed by atoms with Crippen LogP contribution in [0.25, 0.3) is 82.0 Å². The Morgan fingerprint density at radius 1 is 0.455 bits per heavy atom. The molecule has 6 heteroatoms. The van der Waals surface area contributed by atoms with Gasteiger partial charge in [0.1, 0.15) is 5.82 Å². The molecule has 0 saturated heterocycles. The largest absolute Gasteiger partial charge is 0.294 e. The molecule has 5 nitrogen and oxygen atoms in total. The van der Waals surface area contributed by atoms with Gasteiger partial charge in [-0.25, -0.2) is 19.9 Å². The predicted molar refractivity (Wildman–Crippen MR) is 181 cm³/mol. The molecule has 0 spiro atoms. The third-order valence-electron chi connectivity index (χ3n) is 8.11. The number of fused-ring (bicyclic) bond motifs is 7. The van der Waals surface area contributed by atoms with E-state index < -0.39 is 0 Å². The van der Waals surface area contributed by atoms with Crippen molar-refractivity contribution >= 4 is 53.3 Å². The second-order valence-corrected chi connectivity index (χ2v) is 11.8. The number of hydrogen-bond acceptors (Lipinski definition) is 5. The van der Waals surface area contributed by atoms with Gasteiger partial charge in [-0.15, -0.1) is 11.3 Å². The van der Waals surface area contributed by atoms with Gasteiger partial charge in [0.2, 0.25) is 0 Å². The fourth-order valence-electron chi connectivity index (χ4n) is 6.07. The van der Waals surface area contributed by atoms with Gasteiger partial charge in [-0.3, -0.25) is 4.57 Å². The van der Waals surface area contributed by atoms with Crippen molar-refractivity contribution < 1.29 is 0 Å². The highest BCUT2D eigenvalue weighted by Gasteiger charge is 2.18. The average Bonchev–Trinajstić information content (AvgIpc) is 3.65. The molecule has 0 radical (unpaired) electrons. The summed E-state index contributed by atoms with van der Waals surface area (Å²) in [6.45, 7) is 0. The molecule has 0 saturated carbocycles. The molecule has 0 fully saturated rings. The minimum absolute atomic E-state index is 0.589. The highest BCUT2D eigenvalue weighted by Crippen LogP contribution is 2.43. The van der Waals surface area contributed by atoms with Gasteiger partial charge in [0.15, 0.2) is 17.5 Å². The second-order valence-electron chi connectivity index (χ2n) is 10.7. The van der Waals surface area contributed by atoms with Crippen LogP contribution in [-0.2, 0) is 0 Å². The van der Waals surface area contributed by atoms with E-state index in [4.69, 9.17) is 19.9 Å². The van der Waals surface area contributed by atoms with Gasteiger partial charge < -0.3 is 0 Å². The van der Waals surface area contributed by atoms with E-state index in [-0.39, 0.29) is 0 Å². The van der Waals surface area contributed by atoms with Crippen molar-refractivity contribution in [3.8, 4) is 40.0 Å². The van der Waals surface area contributed by atoms with E-state index in [2.05, 4.69) is 77.4 Å². The maximum Gasteiger partial charge on any atom is 0.165 e. The molecule has 5 aromatic carbocycles. The lowest BCUT2D eigenvalue weighted by Gasteiger charge is -2.10. The molecule has 0 amide bonds. The van der Waals surface area contributed by atoms with E-state index >= 15 is 0 Å². The van der Waals surface area contributed by atoms with Gasteiger partial charge in [-0.1, -0.05) is 103 Å². The number of hydrogen-bond donors (Lipinski definition) is 0. The Morgan fingerprint density at radius 2 is 1.07 bits per heavy atom.